The van der Waals surface area contributed by atoms with Gasteiger partial charge in [0.05, 0.1) is 11.4 Å². The fraction of sp³-hybridized carbons (Fsp3) is 0.625. The largest absolute Gasteiger partial charge is 0.391 e. The van der Waals surface area contributed by atoms with Crippen LogP contribution in [0.1, 0.15) is 5.69 Å². The van der Waals surface area contributed by atoms with Crippen LogP contribution in [0.25, 0.3) is 0 Å². The molecule has 1 aliphatic rings. The minimum atomic E-state index is -0.228. The highest BCUT2D eigenvalue weighted by molar-refractivity contribution is 8.01. The summed E-state index contributed by atoms with van der Waals surface area (Å²) in [4.78, 5) is 4.35. The molecular weight excluding hydrogens is 204 g/mol. The molecule has 2 N–H and O–H groups in total. The Kier molecular flexibility index (Phi) is 2.88. The molecule has 1 saturated heterocycles. The predicted molar refractivity (Wildman–Crippen MR) is 55.4 cm³/mol. The smallest absolute Gasteiger partial charge is 0.150 e. The maximum atomic E-state index is 9.55. The highest BCUT2D eigenvalue weighted by atomic mass is 32.2. The van der Waals surface area contributed by atoms with Gasteiger partial charge in [0, 0.05) is 24.2 Å². The molecule has 1 aromatic rings. The van der Waals surface area contributed by atoms with Crippen LogP contribution in [-0.2, 0) is 0 Å². The van der Waals surface area contributed by atoms with E-state index < -0.39 is 0 Å². The molecular formula is C8H12N2OS2. The van der Waals surface area contributed by atoms with Crippen molar-refractivity contribution in [3.05, 3.63) is 11.1 Å². The van der Waals surface area contributed by atoms with Crippen molar-refractivity contribution in [2.75, 3.05) is 13.1 Å². The third-order valence-corrected chi connectivity index (χ3v) is 4.38. The second-order valence-corrected chi connectivity index (χ2v) is 5.48. The van der Waals surface area contributed by atoms with Crippen molar-refractivity contribution >= 4 is 23.1 Å². The van der Waals surface area contributed by atoms with Crippen molar-refractivity contribution in [3.63, 3.8) is 0 Å². The van der Waals surface area contributed by atoms with Gasteiger partial charge in [0.15, 0.2) is 4.34 Å². The topological polar surface area (TPSA) is 45.1 Å². The Labute approximate surface area is 85.6 Å². The minimum absolute atomic E-state index is 0.228. The SMILES string of the molecule is Cc1csc(S[C@@H]2CNC[C@H]2O)n1. The first kappa shape index (κ1) is 9.45. The number of hydrogen-bond donors (Lipinski definition) is 2. The Morgan fingerprint density at radius 2 is 2.54 bits per heavy atom. The van der Waals surface area contributed by atoms with Gasteiger partial charge in [0.25, 0.3) is 0 Å². The summed E-state index contributed by atoms with van der Waals surface area (Å²) in [5.74, 6) is 0. The number of aliphatic hydroxyl groups excluding tert-OH is 1. The molecule has 0 aromatic carbocycles. The summed E-state index contributed by atoms with van der Waals surface area (Å²) in [5.41, 5.74) is 1.06. The summed E-state index contributed by atoms with van der Waals surface area (Å²) in [7, 11) is 0. The van der Waals surface area contributed by atoms with Gasteiger partial charge in [0.2, 0.25) is 0 Å². The normalized spacial score (nSPS) is 28.2. The van der Waals surface area contributed by atoms with Gasteiger partial charge in [-0.25, -0.2) is 4.98 Å². The number of thioether (sulfide) groups is 1. The number of aliphatic hydroxyl groups is 1. The van der Waals surface area contributed by atoms with E-state index in [0.29, 0.717) is 6.54 Å². The summed E-state index contributed by atoms with van der Waals surface area (Å²) in [6.07, 6.45) is -0.228. The van der Waals surface area contributed by atoms with Gasteiger partial charge in [-0.1, -0.05) is 11.8 Å². The lowest BCUT2D eigenvalue weighted by molar-refractivity contribution is 0.201. The number of nitrogens with zero attached hydrogens (tertiary/aromatic N) is 1. The molecule has 72 valence electrons. The van der Waals surface area contributed by atoms with Crippen LogP contribution in [0.15, 0.2) is 9.72 Å². The van der Waals surface area contributed by atoms with Gasteiger partial charge in [-0.15, -0.1) is 11.3 Å². The van der Waals surface area contributed by atoms with Crippen LogP contribution in [0, 0.1) is 6.92 Å². The molecule has 1 aliphatic heterocycles. The quantitative estimate of drug-likeness (QED) is 0.770. The predicted octanol–water partition coefficient (Wildman–Crippen LogP) is 0.876. The zero-order chi connectivity index (χ0) is 9.26. The molecule has 0 aliphatic carbocycles. The van der Waals surface area contributed by atoms with Crippen LogP contribution in [0.5, 0.6) is 0 Å². The maximum Gasteiger partial charge on any atom is 0.150 e. The van der Waals surface area contributed by atoms with Crippen molar-refractivity contribution in [1.82, 2.24) is 10.3 Å². The third-order valence-electron chi connectivity index (χ3n) is 1.98. The van der Waals surface area contributed by atoms with E-state index in [1.54, 1.807) is 23.1 Å². The zero-order valence-corrected chi connectivity index (χ0v) is 8.99. The number of thiazole rings is 1. The average molecular weight is 216 g/mol. The average Bonchev–Trinajstić information content (AvgIpc) is 2.64. The number of β-amino-alcohol motifs (C(OH)–C–C–N with tert-alkyl or cyclic N) is 1. The fourth-order valence-corrected chi connectivity index (χ4v) is 3.45. The van der Waals surface area contributed by atoms with Crippen molar-refractivity contribution in [2.24, 2.45) is 0 Å². The number of nitrogens with one attached hydrogen (secondary N) is 1. The Balaban J connectivity index is 1.97. The monoisotopic (exact) mass is 216 g/mol. The lowest BCUT2D eigenvalue weighted by atomic mass is 10.3. The van der Waals surface area contributed by atoms with Gasteiger partial charge >= 0.3 is 0 Å². The van der Waals surface area contributed by atoms with Crippen molar-refractivity contribution in [2.45, 2.75) is 22.6 Å². The highest BCUT2D eigenvalue weighted by Crippen LogP contribution is 2.29. The summed E-state index contributed by atoms with van der Waals surface area (Å²) in [6, 6.07) is 0. The van der Waals surface area contributed by atoms with Crippen LogP contribution in [0.4, 0.5) is 0 Å². The van der Waals surface area contributed by atoms with Crippen LogP contribution in [0.3, 0.4) is 0 Å². The molecule has 0 saturated carbocycles. The molecule has 1 aromatic heterocycles. The number of aromatic nitrogens is 1. The zero-order valence-electron chi connectivity index (χ0n) is 7.36. The highest BCUT2D eigenvalue weighted by Gasteiger charge is 2.26. The van der Waals surface area contributed by atoms with E-state index in [-0.39, 0.29) is 11.4 Å². The molecule has 13 heavy (non-hydrogen) atoms. The molecule has 0 amide bonds. The fourth-order valence-electron chi connectivity index (χ4n) is 1.28. The van der Waals surface area contributed by atoms with Crippen LogP contribution in [0.2, 0.25) is 0 Å². The van der Waals surface area contributed by atoms with Crippen molar-refractivity contribution < 1.29 is 5.11 Å². The summed E-state index contributed by atoms with van der Waals surface area (Å²) in [6.45, 7) is 3.58. The maximum absolute atomic E-state index is 9.55. The number of hydrogen-bond acceptors (Lipinski definition) is 5. The Morgan fingerprint density at radius 1 is 1.69 bits per heavy atom. The van der Waals surface area contributed by atoms with Crippen LogP contribution < -0.4 is 5.32 Å². The van der Waals surface area contributed by atoms with E-state index in [4.69, 9.17) is 0 Å². The molecule has 2 heterocycles. The van der Waals surface area contributed by atoms with Crippen molar-refractivity contribution in [1.29, 1.82) is 0 Å². The lowest BCUT2D eigenvalue weighted by Crippen LogP contribution is -2.19. The second-order valence-electron chi connectivity index (χ2n) is 3.14. The second kappa shape index (κ2) is 3.96. The molecule has 3 nitrogen and oxygen atoms in total. The summed E-state index contributed by atoms with van der Waals surface area (Å²) < 4.78 is 1.06. The van der Waals surface area contributed by atoms with E-state index in [0.717, 1.165) is 16.6 Å². The van der Waals surface area contributed by atoms with Gasteiger partial charge in [-0.05, 0) is 6.92 Å². The molecule has 0 radical (unpaired) electrons. The van der Waals surface area contributed by atoms with Crippen molar-refractivity contribution in [3.8, 4) is 0 Å². The van der Waals surface area contributed by atoms with Gasteiger partial charge in [-0.3, -0.25) is 0 Å². The molecule has 2 rings (SSSR count). The first-order valence-electron chi connectivity index (χ1n) is 4.23. The van der Waals surface area contributed by atoms with E-state index >= 15 is 0 Å². The first-order chi connectivity index (χ1) is 6.25. The number of rotatable bonds is 2. The van der Waals surface area contributed by atoms with Crippen LogP contribution >= 0.6 is 23.1 Å². The van der Waals surface area contributed by atoms with Gasteiger partial charge < -0.3 is 10.4 Å². The molecule has 0 spiro atoms. The van der Waals surface area contributed by atoms with E-state index in [2.05, 4.69) is 10.3 Å². The van der Waals surface area contributed by atoms with Crippen LogP contribution in [-0.4, -0.2) is 34.5 Å². The van der Waals surface area contributed by atoms with Gasteiger partial charge in [-0.2, -0.15) is 0 Å². The molecule has 0 unspecified atom stereocenters. The van der Waals surface area contributed by atoms with E-state index in [1.165, 1.54) is 0 Å². The standard InChI is InChI=1S/C8H12N2OS2/c1-5-4-12-8(10-5)13-7-3-9-2-6(7)11/h4,6-7,9,11H,2-3H2,1H3/t6-,7-/m1/s1. The lowest BCUT2D eigenvalue weighted by Gasteiger charge is -2.09. The number of aryl methyl sites for hydroxylation is 1. The summed E-state index contributed by atoms with van der Waals surface area (Å²) in [5, 5.41) is 15.0. The molecule has 5 heteroatoms. The first-order valence-corrected chi connectivity index (χ1v) is 5.99. The Morgan fingerprint density at radius 3 is 3.08 bits per heavy atom. The van der Waals surface area contributed by atoms with E-state index in [9.17, 15) is 5.11 Å². The summed E-state index contributed by atoms with van der Waals surface area (Å²) >= 11 is 3.33. The molecule has 0 bridgehead atoms. The Hall–Kier alpha value is -0.100. The molecule has 2 atom stereocenters. The minimum Gasteiger partial charge on any atom is -0.391 e. The Bertz CT molecular complexity index is 289. The van der Waals surface area contributed by atoms with E-state index in [1.807, 2.05) is 12.3 Å². The molecule has 1 fully saturated rings. The van der Waals surface area contributed by atoms with Gasteiger partial charge in [0.1, 0.15) is 0 Å². The third kappa shape index (κ3) is 2.22.